The van der Waals surface area contributed by atoms with Gasteiger partial charge < -0.3 is 65.4 Å². The Hall–Kier alpha value is -7.60. The van der Waals surface area contributed by atoms with Crippen LogP contribution in [-0.4, -0.2) is 157 Å². The Bertz CT molecular complexity index is 3270. The number of nitrogens with zero attached hydrogens (tertiary/aromatic N) is 2. The standard InChI is InChI=1S/C54H74N2O12.2C6H6O3S/c1-36(20-26-67-53(57)18-24-55(2)22-16-39-32-49(63-8)51(65-10)34-41(39)43(55)28-37-12-14-45(59-4)47(30-37)61-6)21-27-68-54(58)19-25-56(3)23-17-40-33-50(64-9)52(66-11)35-42(40)44(56)29-38-13-15-46(60-5)48(31-38)62-7;2*7-10(8,9)6-4-2-1-3-5-6/h12-15,30-36,43-44H,16-29H2,1-11H3;2*1-5H,(H,7,8,9)/q+2;;/p-2/t43-,44-,55-,56-;;/m1../s1. The van der Waals surface area contributed by atoms with Gasteiger partial charge in [0.05, 0.1) is 133 Å². The van der Waals surface area contributed by atoms with E-state index >= 15 is 0 Å². The summed E-state index contributed by atoms with van der Waals surface area (Å²) in [5, 5.41) is 0. The molecule has 0 radical (unpaired) electrons. The maximum absolute atomic E-state index is 13.3. The number of rotatable bonds is 26. The number of methoxy groups -OCH3 is 8. The third-order valence-electron chi connectivity index (χ3n) is 16.5. The summed E-state index contributed by atoms with van der Waals surface area (Å²) < 4.78 is 120. The minimum Gasteiger partial charge on any atom is -0.744 e. The quantitative estimate of drug-likeness (QED) is 0.0279. The summed E-state index contributed by atoms with van der Waals surface area (Å²) in [5.74, 6) is 5.24. The van der Waals surface area contributed by atoms with Crippen molar-refractivity contribution in [3.63, 3.8) is 0 Å². The monoisotopic (exact) mass is 1260 g/mol. The van der Waals surface area contributed by atoms with Crippen LogP contribution in [0.5, 0.6) is 46.0 Å². The first-order valence-electron chi connectivity index (χ1n) is 28.9. The molecule has 2 heterocycles. The second kappa shape index (κ2) is 32.0. The molecule has 0 saturated heterocycles. The summed E-state index contributed by atoms with van der Waals surface area (Å²) in [6, 6.07) is 34.9. The molecule has 88 heavy (non-hydrogen) atoms. The SMILES string of the molecule is COc1ccc(C[C@@H]2c3cc(OC)c(OC)cc3CC[N@+]2(C)CCC(=O)OCCC(C)CCOC(=O)CC[N@@+]2(C)CCc3cc(OC)c(OC)cc3[C@H]2Cc2ccc(OC)c(OC)c2)cc1OC.O=S(=O)([O-])c1ccccc1.O=S(=O)([O-])c1ccccc1. The molecule has 2 aliphatic heterocycles. The Balaban J connectivity index is 0.000000519. The average molecular weight is 1260 g/mol. The van der Waals surface area contributed by atoms with E-state index in [1.54, 1.807) is 69.0 Å². The molecule has 0 aromatic heterocycles. The van der Waals surface area contributed by atoms with Crippen LogP contribution in [0, 0.1) is 5.92 Å². The van der Waals surface area contributed by atoms with Crippen molar-refractivity contribution in [2.45, 2.75) is 80.2 Å². The number of hydrogen-bond donors (Lipinski definition) is 0. The highest BCUT2D eigenvalue weighted by Crippen LogP contribution is 2.45. The smallest absolute Gasteiger partial charge is 0.311 e. The first-order chi connectivity index (χ1) is 42.0. The zero-order chi connectivity index (χ0) is 64.2. The Kier molecular flexibility index (Phi) is 25.3. The second-order valence-corrected chi connectivity index (χ2v) is 24.9. The summed E-state index contributed by atoms with van der Waals surface area (Å²) in [4.78, 5) is 26.2. The van der Waals surface area contributed by atoms with E-state index in [-0.39, 0.29) is 52.6 Å². The van der Waals surface area contributed by atoms with Gasteiger partial charge in [-0.15, -0.1) is 0 Å². The third-order valence-corrected chi connectivity index (χ3v) is 18.2. The van der Waals surface area contributed by atoms with E-state index < -0.39 is 20.2 Å². The van der Waals surface area contributed by atoms with Crippen LogP contribution < -0.4 is 37.9 Å². The largest absolute Gasteiger partial charge is 0.744 e. The van der Waals surface area contributed by atoms with E-state index in [4.69, 9.17) is 47.4 Å². The minimum absolute atomic E-state index is 0.0347. The van der Waals surface area contributed by atoms with Crippen molar-refractivity contribution >= 4 is 32.2 Å². The maximum atomic E-state index is 13.3. The van der Waals surface area contributed by atoms with Crippen LogP contribution in [0.1, 0.15) is 78.1 Å². The predicted molar refractivity (Wildman–Crippen MR) is 329 cm³/mol. The molecule has 22 heteroatoms. The zero-order valence-electron chi connectivity index (χ0n) is 52.2. The summed E-state index contributed by atoms with van der Waals surface area (Å²) in [7, 11) is 9.12. The van der Waals surface area contributed by atoms with Crippen molar-refractivity contribution in [1.82, 2.24) is 0 Å². The Morgan fingerprint density at radius 3 is 1.09 bits per heavy atom. The molecule has 0 N–H and O–H groups in total. The molecule has 6 aromatic rings. The molecule has 0 fully saturated rings. The summed E-state index contributed by atoms with van der Waals surface area (Å²) in [6.45, 7) is 5.63. The molecule has 478 valence electrons. The van der Waals surface area contributed by atoms with Crippen molar-refractivity contribution in [3.8, 4) is 46.0 Å². The fourth-order valence-corrected chi connectivity index (χ4v) is 12.2. The summed E-state index contributed by atoms with van der Waals surface area (Å²) in [6.07, 6.45) is 5.03. The van der Waals surface area contributed by atoms with E-state index in [1.807, 2.05) is 24.3 Å². The van der Waals surface area contributed by atoms with Crippen LogP contribution in [0.3, 0.4) is 0 Å². The van der Waals surface area contributed by atoms with E-state index in [1.165, 1.54) is 70.8 Å². The van der Waals surface area contributed by atoms with Gasteiger partial charge in [0.1, 0.15) is 32.3 Å². The van der Waals surface area contributed by atoms with Gasteiger partial charge in [-0.3, -0.25) is 9.59 Å². The highest BCUT2D eigenvalue weighted by atomic mass is 32.2. The summed E-state index contributed by atoms with van der Waals surface area (Å²) >= 11 is 0. The lowest BCUT2D eigenvalue weighted by Gasteiger charge is -2.46. The first-order valence-corrected chi connectivity index (χ1v) is 31.7. The number of benzene rings is 6. The fourth-order valence-electron chi connectivity index (χ4n) is 11.2. The number of hydrogen-bond acceptors (Lipinski definition) is 18. The van der Waals surface area contributed by atoms with Crippen molar-refractivity contribution in [1.29, 1.82) is 0 Å². The molecule has 0 amide bonds. The molecule has 8 rings (SSSR count). The highest BCUT2D eigenvalue weighted by molar-refractivity contribution is 7.86. The zero-order valence-corrected chi connectivity index (χ0v) is 53.9. The van der Waals surface area contributed by atoms with Crippen LogP contribution in [0.25, 0.3) is 0 Å². The first kappa shape index (κ1) is 69.5. The maximum Gasteiger partial charge on any atom is 0.311 e. The van der Waals surface area contributed by atoms with Crippen LogP contribution >= 0.6 is 0 Å². The van der Waals surface area contributed by atoms with Gasteiger partial charge >= 0.3 is 11.9 Å². The van der Waals surface area contributed by atoms with Gasteiger partial charge in [0.15, 0.2) is 46.0 Å². The van der Waals surface area contributed by atoms with Crippen molar-refractivity contribution in [2.24, 2.45) is 5.92 Å². The van der Waals surface area contributed by atoms with E-state index in [0.717, 1.165) is 49.9 Å². The van der Waals surface area contributed by atoms with Crippen LogP contribution in [0.2, 0.25) is 0 Å². The average Bonchev–Trinajstić information content (AvgIpc) is 0.899. The Morgan fingerprint density at radius 1 is 0.466 bits per heavy atom. The number of carbonyl (C=O) groups is 2. The topological polar surface area (TPSA) is 241 Å². The van der Waals surface area contributed by atoms with E-state index in [0.29, 0.717) is 94.1 Å². The van der Waals surface area contributed by atoms with Gasteiger partial charge in [-0.05, 0) is 114 Å². The van der Waals surface area contributed by atoms with Gasteiger partial charge in [0, 0.05) is 36.8 Å². The molecule has 0 unspecified atom stereocenters. The molecular weight excluding hydrogens is 1170 g/mol. The van der Waals surface area contributed by atoms with E-state index in [9.17, 15) is 35.5 Å². The molecule has 0 spiro atoms. The van der Waals surface area contributed by atoms with Gasteiger partial charge in [-0.2, -0.15) is 0 Å². The van der Waals surface area contributed by atoms with Gasteiger partial charge in [0.2, 0.25) is 0 Å². The van der Waals surface area contributed by atoms with Crippen LogP contribution in [-0.2, 0) is 65.0 Å². The second-order valence-electron chi connectivity index (χ2n) is 22.1. The number of esters is 2. The summed E-state index contributed by atoms with van der Waals surface area (Å²) in [5.41, 5.74) is 7.00. The van der Waals surface area contributed by atoms with Gasteiger partial charge in [0.25, 0.3) is 0 Å². The molecule has 6 aromatic carbocycles. The number of carbonyl (C=O) groups excluding carboxylic acids is 2. The van der Waals surface area contributed by atoms with E-state index in [2.05, 4.69) is 57.4 Å². The molecule has 4 atom stereocenters. The number of quaternary nitrogens is 2. The lowest BCUT2D eigenvalue weighted by molar-refractivity contribution is -0.940. The number of likely N-dealkylation sites (N-methyl/N-ethyl adjacent to an activating group) is 2. The molecule has 2 aliphatic rings. The normalized spacial score (nSPS) is 17.7. The lowest BCUT2D eigenvalue weighted by Crippen LogP contribution is -2.53. The fraction of sp³-hybridized carbons (Fsp3) is 0.424. The van der Waals surface area contributed by atoms with Crippen molar-refractivity contribution in [3.05, 3.63) is 155 Å². The van der Waals surface area contributed by atoms with Crippen LogP contribution in [0.4, 0.5) is 0 Å². The number of fused-ring (bicyclic) bond motifs is 2. The van der Waals surface area contributed by atoms with Crippen molar-refractivity contribution < 1.29 is 91.9 Å². The number of ether oxygens (including phenoxy) is 10. The lowest BCUT2D eigenvalue weighted by atomic mass is 9.86. The van der Waals surface area contributed by atoms with Gasteiger partial charge in [-0.1, -0.05) is 55.5 Å². The van der Waals surface area contributed by atoms with Gasteiger partial charge in [-0.25, -0.2) is 16.8 Å². The molecule has 0 bridgehead atoms. The third kappa shape index (κ3) is 18.7. The molecule has 0 saturated carbocycles. The molecule has 0 aliphatic carbocycles. The van der Waals surface area contributed by atoms with Crippen LogP contribution in [0.15, 0.2) is 131 Å². The van der Waals surface area contributed by atoms with Crippen molar-refractivity contribution in [2.75, 3.05) is 110 Å². The Morgan fingerprint density at radius 2 is 0.784 bits per heavy atom. The predicted octanol–water partition coefficient (Wildman–Crippen LogP) is 9.49. The molecular formula is C66H84N2O18S2. The molecule has 20 nitrogen and oxygen atoms in total. The minimum atomic E-state index is -4.25. The Labute approximate surface area is 518 Å². The highest BCUT2D eigenvalue weighted by Gasteiger charge is 2.42.